The van der Waals surface area contributed by atoms with Crippen LogP contribution in [0.15, 0.2) is 18.3 Å². The molecule has 2 aliphatic rings. The Labute approximate surface area is 225 Å². The number of hydrogen-bond donors (Lipinski definition) is 3. The van der Waals surface area contributed by atoms with Crippen molar-refractivity contribution in [3.05, 3.63) is 35.0 Å². The number of benzene rings is 1. The number of aliphatic hydroxyl groups excluding tert-OH is 1. The predicted molar refractivity (Wildman–Crippen MR) is 151 cm³/mol. The second kappa shape index (κ2) is 13.7. The predicted octanol–water partition coefficient (Wildman–Crippen LogP) is 3.29. The number of unbranched alkanes of at least 4 members (excludes halogenated alkanes) is 1. The molecule has 1 fully saturated rings. The fourth-order valence-electron chi connectivity index (χ4n) is 5.07. The van der Waals surface area contributed by atoms with E-state index in [0.717, 1.165) is 76.3 Å². The topological polar surface area (TPSA) is 124 Å². The van der Waals surface area contributed by atoms with E-state index in [1.165, 1.54) is 11.1 Å². The number of nitrogens with two attached hydrogens (primary N) is 1. The Kier molecular flexibility index (Phi) is 10.1. The molecule has 0 spiro atoms. The van der Waals surface area contributed by atoms with Gasteiger partial charge in [0.15, 0.2) is 11.3 Å². The Hall–Kier alpha value is -2.95. The van der Waals surface area contributed by atoms with Crippen molar-refractivity contribution in [1.29, 1.82) is 0 Å². The molecule has 2 aromatic heterocycles. The van der Waals surface area contributed by atoms with Gasteiger partial charge in [-0.2, -0.15) is 10.1 Å². The largest absolute Gasteiger partial charge is 0.493 e. The van der Waals surface area contributed by atoms with Crippen molar-refractivity contribution in [3.63, 3.8) is 0 Å². The molecule has 0 saturated carbocycles. The molecule has 0 aliphatic carbocycles. The van der Waals surface area contributed by atoms with E-state index in [9.17, 15) is 5.11 Å². The Balaban J connectivity index is 0.00000164. The van der Waals surface area contributed by atoms with E-state index in [1.54, 1.807) is 0 Å². The summed E-state index contributed by atoms with van der Waals surface area (Å²) in [6.07, 6.45) is 7.06. The fraction of sp³-hybridized carbons (Fsp3) is 0.607. The second-order valence-corrected chi connectivity index (χ2v) is 9.62. The van der Waals surface area contributed by atoms with Crippen LogP contribution in [0.5, 0.6) is 5.75 Å². The quantitative estimate of drug-likeness (QED) is 0.346. The standard InChI is InChI=1S/C26H37N7O3.C2H6/c1-2-3-9-32(10-11-34)25-23-22(29-26(27)30-25)16-33(31-23)15-19-7-6-18(14-28-20-8-13-35-17-20)21-5-4-12-36-24(19)21;1-2/h6-7,16,20,28,34H,2-5,8-15,17H2,1H3,(H2,27,29);1-2H3. The molecule has 3 aromatic rings. The van der Waals surface area contributed by atoms with E-state index in [2.05, 4.69) is 34.3 Å². The summed E-state index contributed by atoms with van der Waals surface area (Å²) in [6.45, 7) is 11.2. The van der Waals surface area contributed by atoms with Gasteiger partial charge in [-0.1, -0.05) is 39.3 Å². The molecule has 4 heterocycles. The summed E-state index contributed by atoms with van der Waals surface area (Å²) < 4.78 is 13.6. The molecular weight excluding hydrogens is 482 g/mol. The third kappa shape index (κ3) is 6.54. The van der Waals surface area contributed by atoms with Crippen molar-refractivity contribution in [1.82, 2.24) is 25.1 Å². The summed E-state index contributed by atoms with van der Waals surface area (Å²) >= 11 is 0. The first-order valence-corrected chi connectivity index (χ1v) is 14.1. The molecular formula is C28H43N7O3. The lowest BCUT2D eigenvalue weighted by atomic mass is 9.96. The first kappa shape index (κ1) is 28.1. The molecule has 0 bridgehead atoms. The van der Waals surface area contributed by atoms with E-state index < -0.39 is 0 Å². The highest BCUT2D eigenvalue weighted by Gasteiger charge is 2.22. The second-order valence-electron chi connectivity index (χ2n) is 9.62. The van der Waals surface area contributed by atoms with Gasteiger partial charge in [-0.05, 0) is 36.8 Å². The normalized spacial score (nSPS) is 16.6. The minimum absolute atomic E-state index is 0.0360. The number of aliphatic hydroxyl groups is 1. The highest BCUT2D eigenvalue weighted by atomic mass is 16.5. The molecule has 208 valence electrons. The van der Waals surface area contributed by atoms with Crippen molar-refractivity contribution >= 4 is 22.8 Å². The molecule has 38 heavy (non-hydrogen) atoms. The van der Waals surface area contributed by atoms with E-state index in [1.807, 2.05) is 29.6 Å². The lowest BCUT2D eigenvalue weighted by molar-refractivity contribution is 0.189. The van der Waals surface area contributed by atoms with E-state index in [-0.39, 0.29) is 12.6 Å². The minimum atomic E-state index is 0.0360. The van der Waals surface area contributed by atoms with Crippen LogP contribution in [0.25, 0.3) is 11.0 Å². The highest BCUT2D eigenvalue weighted by Crippen LogP contribution is 2.33. The van der Waals surface area contributed by atoms with Gasteiger partial charge < -0.3 is 30.5 Å². The number of ether oxygens (including phenoxy) is 2. The first-order chi connectivity index (χ1) is 18.7. The number of anilines is 2. The van der Waals surface area contributed by atoms with Gasteiger partial charge in [0.1, 0.15) is 11.3 Å². The van der Waals surface area contributed by atoms with Crippen LogP contribution < -0.4 is 20.7 Å². The molecule has 1 saturated heterocycles. The monoisotopic (exact) mass is 525 g/mol. The number of nitrogens with one attached hydrogen (secondary N) is 1. The summed E-state index contributed by atoms with van der Waals surface area (Å²) in [5, 5.41) is 18.1. The van der Waals surface area contributed by atoms with Crippen LogP contribution in [-0.2, 0) is 24.2 Å². The Morgan fingerprint density at radius 3 is 2.79 bits per heavy atom. The molecule has 1 unspecified atom stereocenters. The molecule has 2 aliphatic heterocycles. The van der Waals surface area contributed by atoms with Gasteiger partial charge in [-0.3, -0.25) is 4.68 Å². The van der Waals surface area contributed by atoms with Gasteiger partial charge in [0.2, 0.25) is 5.95 Å². The third-order valence-electron chi connectivity index (χ3n) is 6.96. The molecule has 5 rings (SSSR count). The number of nitrogens with zero attached hydrogens (tertiary/aromatic N) is 5. The van der Waals surface area contributed by atoms with Gasteiger partial charge in [0.25, 0.3) is 0 Å². The van der Waals surface area contributed by atoms with Crippen LogP contribution >= 0.6 is 0 Å². The van der Waals surface area contributed by atoms with E-state index in [4.69, 9.17) is 20.3 Å². The molecule has 0 amide bonds. The SMILES string of the molecule is CC.CCCCN(CCO)c1nc(N)nc2cn(Cc3ccc(CNC4CCOC4)c4c3OCCC4)nc12. The van der Waals surface area contributed by atoms with E-state index in [0.29, 0.717) is 36.0 Å². The molecule has 10 nitrogen and oxygen atoms in total. The van der Waals surface area contributed by atoms with Crippen molar-refractivity contribution < 1.29 is 14.6 Å². The molecule has 0 radical (unpaired) electrons. The van der Waals surface area contributed by atoms with Crippen molar-refractivity contribution in [2.45, 2.75) is 72.0 Å². The number of fused-ring (bicyclic) bond motifs is 2. The van der Waals surface area contributed by atoms with Crippen molar-refractivity contribution in [2.75, 3.05) is 50.2 Å². The Morgan fingerprint density at radius 1 is 1.18 bits per heavy atom. The number of nitrogen functional groups attached to an aromatic ring is 1. The summed E-state index contributed by atoms with van der Waals surface area (Å²) in [5.74, 6) is 1.87. The van der Waals surface area contributed by atoms with Gasteiger partial charge in [-0.15, -0.1) is 0 Å². The summed E-state index contributed by atoms with van der Waals surface area (Å²) in [7, 11) is 0. The molecule has 4 N–H and O–H groups in total. The lowest BCUT2D eigenvalue weighted by Gasteiger charge is -2.24. The highest BCUT2D eigenvalue weighted by molar-refractivity contribution is 5.86. The fourth-order valence-corrected chi connectivity index (χ4v) is 5.07. The van der Waals surface area contributed by atoms with Crippen molar-refractivity contribution in [3.8, 4) is 5.75 Å². The summed E-state index contributed by atoms with van der Waals surface area (Å²) in [6, 6.07) is 4.79. The number of rotatable bonds is 11. The zero-order valence-electron chi connectivity index (χ0n) is 23.1. The number of hydrogen-bond acceptors (Lipinski definition) is 9. The Bertz CT molecular complexity index is 1180. The first-order valence-electron chi connectivity index (χ1n) is 14.1. The van der Waals surface area contributed by atoms with Crippen LogP contribution in [-0.4, -0.2) is 70.4 Å². The average Bonchev–Trinajstić information content (AvgIpc) is 3.61. The molecule has 10 heteroatoms. The van der Waals surface area contributed by atoms with Crippen LogP contribution in [0, 0.1) is 0 Å². The molecule has 1 aromatic carbocycles. The minimum Gasteiger partial charge on any atom is -0.493 e. The average molecular weight is 526 g/mol. The maximum atomic E-state index is 9.61. The zero-order chi connectivity index (χ0) is 26.9. The van der Waals surface area contributed by atoms with Gasteiger partial charge in [-0.25, -0.2) is 4.98 Å². The Morgan fingerprint density at radius 2 is 2.03 bits per heavy atom. The molecule has 1 atom stereocenters. The maximum absolute atomic E-state index is 9.61. The number of aromatic nitrogens is 4. The van der Waals surface area contributed by atoms with Gasteiger partial charge in [0.05, 0.1) is 32.6 Å². The lowest BCUT2D eigenvalue weighted by Crippen LogP contribution is -2.29. The van der Waals surface area contributed by atoms with Gasteiger partial charge in [0, 0.05) is 37.8 Å². The maximum Gasteiger partial charge on any atom is 0.222 e. The van der Waals surface area contributed by atoms with Gasteiger partial charge >= 0.3 is 0 Å². The van der Waals surface area contributed by atoms with E-state index >= 15 is 0 Å². The third-order valence-corrected chi connectivity index (χ3v) is 6.96. The zero-order valence-corrected chi connectivity index (χ0v) is 23.1. The summed E-state index contributed by atoms with van der Waals surface area (Å²) in [4.78, 5) is 11.0. The van der Waals surface area contributed by atoms with Crippen LogP contribution in [0.4, 0.5) is 11.8 Å². The van der Waals surface area contributed by atoms with Crippen LogP contribution in [0.2, 0.25) is 0 Å². The van der Waals surface area contributed by atoms with Crippen LogP contribution in [0.1, 0.15) is 63.1 Å². The van der Waals surface area contributed by atoms with Crippen molar-refractivity contribution in [2.24, 2.45) is 0 Å². The smallest absolute Gasteiger partial charge is 0.222 e. The summed E-state index contributed by atoms with van der Waals surface area (Å²) in [5.41, 5.74) is 11.1. The van der Waals surface area contributed by atoms with Crippen LogP contribution in [0.3, 0.4) is 0 Å².